The first-order valence-electron chi connectivity index (χ1n) is 6.00. The van der Waals surface area contributed by atoms with E-state index in [9.17, 15) is 0 Å². The Balaban J connectivity index is 2.06. The second kappa shape index (κ2) is 8.90. The van der Waals surface area contributed by atoms with Gasteiger partial charge in [0.25, 0.3) is 0 Å². The molecule has 96 valence electrons. The summed E-state index contributed by atoms with van der Waals surface area (Å²) < 4.78 is 21.8. The molecule has 1 heterocycles. The maximum atomic E-state index is 5.53. The molecule has 1 saturated heterocycles. The van der Waals surface area contributed by atoms with E-state index in [2.05, 4.69) is 5.32 Å². The highest BCUT2D eigenvalue weighted by Gasteiger charge is 2.15. The molecule has 16 heavy (non-hydrogen) atoms. The molecule has 0 saturated carbocycles. The van der Waals surface area contributed by atoms with E-state index in [0.29, 0.717) is 26.4 Å². The molecular formula is C11H23NO4. The number of morpholine rings is 1. The van der Waals surface area contributed by atoms with Crippen molar-refractivity contribution >= 4 is 0 Å². The van der Waals surface area contributed by atoms with Gasteiger partial charge in [-0.05, 0) is 13.8 Å². The zero-order valence-corrected chi connectivity index (χ0v) is 10.2. The number of ether oxygens (including phenoxy) is 4. The Bertz CT molecular complexity index is 156. The highest BCUT2D eigenvalue weighted by molar-refractivity contribution is 4.65. The Morgan fingerprint density at radius 2 is 2.06 bits per heavy atom. The van der Waals surface area contributed by atoms with Crippen LogP contribution in [0.25, 0.3) is 0 Å². The van der Waals surface area contributed by atoms with E-state index < -0.39 is 0 Å². The molecule has 0 radical (unpaired) electrons. The first-order chi connectivity index (χ1) is 7.86. The van der Waals surface area contributed by atoms with Crippen LogP contribution in [0.1, 0.15) is 13.8 Å². The SMILES string of the molecule is CCOC(COCC1CNCCO1)OCC. The molecule has 1 atom stereocenters. The van der Waals surface area contributed by atoms with Gasteiger partial charge < -0.3 is 24.3 Å². The standard InChI is InChI=1S/C11H23NO4/c1-3-14-11(15-4-2)9-13-8-10-7-12-5-6-16-10/h10-12H,3-9H2,1-2H3. The fourth-order valence-electron chi connectivity index (χ4n) is 1.54. The molecule has 0 aromatic rings. The second-order valence-corrected chi connectivity index (χ2v) is 3.57. The summed E-state index contributed by atoms with van der Waals surface area (Å²) in [6, 6.07) is 0. The Labute approximate surface area is 97.4 Å². The monoisotopic (exact) mass is 233 g/mol. The van der Waals surface area contributed by atoms with Gasteiger partial charge in [-0.15, -0.1) is 0 Å². The Morgan fingerprint density at radius 1 is 1.31 bits per heavy atom. The van der Waals surface area contributed by atoms with Crippen LogP contribution in [-0.2, 0) is 18.9 Å². The predicted octanol–water partition coefficient (Wildman–Crippen LogP) is 0.391. The molecule has 0 aromatic heterocycles. The maximum Gasteiger partial charge on any atom is 0.180 e. The van der Waals surface area contributed by atoms with E-state index in [1.807, 2.05) is 13.8 Å². The number of hydrogen-bond donors (Lipinski definition) is 1. The number of rotatable bonds is 8. The van der Waals surface area contributed by atoms with E-state index in [-0.39, 0.29) is 12.4 Å². The lowest BCUT2D eigenvalue weighted by molar-refractivity contribution is -0.173. The first kappa shape index (κ1) is 13.9. The Kier molecular flexibility index (Phi) is 7.71. The van der Waals surface area contributed by atoms with Crippen molar-refractivity contribution in [2.24, 2.45) is 0 Å². The van der Waals surface area contributed by atoms with Crippen LogP contribution >= 0.6 is 0 Å². The average molecular weight is 233 g/mol. The first-order valence-corrected chi connectivity index (χ1v) is 6.00. The largest absolute Gasteiger partial charge is 0.373 e. The molecule has 1 N–H and O–H groups in total. The fraction of sp³-hybridized carbons (Fsp3) is 1.00. The molecule has 5 heteroatoms. The minimum absolute atomic E-state index is 0.151. The maximum absolute atomic E-state index is 5.53. The topological polar surface area (TPSA) is 49.0 Å². The van der Waals surface area contributed by atoms with Crippen molar-refractivity contribution in [3.05, 3.63) is 0 Å². The smallest absolute Gasteiger partial charge is 0.180 e. The summed E-state index contributed by atoms with van der Waals surface area (Å²) in [4.78, 5) is 0. The second-order valence-electron chi connectivity index (χ2n) is 3.57. The van der Waals surface area contributed by atoms with Crippen molar-refractivity contribution in [2.75, 3.05) is 46.1 Å². The van der Waals surface area contributed by atoms with E-state index in [1.165, 1.54) is 0 Å². The fourth-order valence-corrected chi connectivity index (χ4v) is 1.54. The minimum atomic E-state index is -0.258. The van der Waals surface area contributed by atoms with Gasteiger partial charge in [-0.2, -0.15) is 0 Å². The molecule has 0 spiro atoms. The van der Waals surface area contributed by atoms with Crippen LogP contribution in [0.2, 0.25) is 0 Å². The van der Waals surface area contributed by atoms with Crippen LogP contribution in [0, 0.1) is 0 Å². The summed E-state index contributed by atoms with van der Waals surface area (Å²) in [5, 5.41) is 3.26. The summed E-state index contributed by atoms with van der Waals surface area (Å²) in [7, 11) is 0. The lowest BCUT2D eigenvalue weighted by Crippen LogP contribution is -2.41. The summed E-state index contributed by atoms with van der Waals surface area (Å²) >= 11 is 0. The molecule has 0 bridgehead atoms. The molecular weight excluding hydrogens is 210 g/mol. The Morgan fingerprint density at radius 3 is 2.62 bits per heavy atom. The third-order valence-corrected chi connectivity index (χ3v) is 2.27. The van der Waals surface area contributed by atoms with Crippen LogP contribution in [0.4, 0.5) is 0 Å². The molecule has 5 nitrogen and oxygen atoms in total. The van der Waals surface area contributed by atoms with Gasteiger partial charge in [0.2, 0.25) is 0 Å². The summed E-state index contributed by atoms with van der Waals surface area (Å²) in [6.07, 6.45) is -0.107. The summed E-state index contributed by atoms with van der Waals surface area (Å²) in [5.41, 5.74) is 0. The molecule has 1 unspecified atom stereocenters. The third kappa shape index (κ3) is 5.77. The van der Waals surface area contributed by atoms with Crippen molar-refractivity contribution in [2.45, 2.75) is 26.2 Å². The van der Waals surface area contributed by atoms with Gasteiger partial charge in [0.1, 0.15) is 0 Å². The normalized spacial score (nSPS) is 21.6. The van der Waals surface area contributed by atoms with Crippen LogP contribution in [0.3, 0.4) is 0 Å². The van der Waals surface area contributed by atoms with E-state index in [0.717, 1.165) is 19.7 Å². The molecule has 0 amide bonds. The molecule has 0 aliphatic carbocycles. The average Bonchev–Trinajstić information content (AvgIpc) is 2.31. The minimum Gasteiger partial charge on any atom is -0.373 e. The van der Waals surface area contributed by atoms with Crippen LogP contribution in [0.5, 0.6) is 0 Å². The quantitative estimate of drug-likeness (QED) is 0.615. The lowest BCUT2D eigenvalue weighted by Gasteiger charge is -2.24. The van der Waals surface area contributed by atoms with Gasteiger partial charge in [-0.25, -0.2) is 0 Å². The van der Waals surface area contributed by atoms with Crippen molar-refractivity contribution in [1.82, 2.24) is 5.32 Å². The van der Waals surface area contributed by atoms with Crippen molar-refractivity contribution < 1.29 is 18.9 Å². The van der Waals surface area contributed by atoms with Crippen LogP contribution < -0.4 is 5.32 Å². The third-order valence-electron chi connectivity index (χ3n) is 2.27. The molecule has 1 aliphatic rings. The molecule has 1 rings (SSSR count). The summed E-state index contributed by atoms with van der Waals surface area (Å²) in [5.74, 6) is 0. The van der Waals surface area contributed by atoms with Crippen LogP contribution in [-0.4, -0.2) is 58.5 Å². The number of hydrogen-bond acceptors (Lipinski definition) is 5. The van der Waals surface area contributed by atoms with Gasteiger partial charge in [-0.1, -0.05) is 0 Å². The Hall–Kier alpha value is -0.200. The van der Waals surface area contributed by atoms with Crippen molar-refractivity contribution in [3.63, 3.8) is 0 Å². The van der Waals surface area contributed by atoms with E-state index in [4.69, 9.17) is 18.9 Å². The van der Waals surface area contributed by atoms with E-state index >= 15 is 0 Å². The molecule has 1 aliphatic heterocycles. The molecule has 1 fully saturated rings. The number of nitrogens with one attached hydrogen (secondary N) is 1. The van der Waals surface area contributed by atoms with Gasteiger partial charge in [0, 0.05) is 26.3 Å². The molecule has 0 aromatic carbocycles. The zero-order chi connectivity index (χ0) is 11.6. The van der Waals surface area contributed by atoms with Gasteiger partial charge in [-0.3, -0.25) is 0 Å². The van der Waals surface area contributed by atoms with Crippen molar-refractivity contribution in [1.29, 1.82) is 0 Å². The summed E-state index contributed by atoms with van der Waals surface area (Å²) in [6.45, 7) is 8.75. The zero-order valence-electron chi connectivity index (χ0n) is 10.2. The van der Waals surface area contributed by atoms with E-state index in [1.54, 1.807) is 0 Å². The van der Waals surface area contributed by atoms with Crippen molar-refractivity contribution in [3.8, 4) is 0 Å². The van der Waals surface area contributed by atoms with Gasteiger partial charge >= 0.3 is 0 Å². The highest BCUT2D eigenvalue weighted by Crippen LogP contribution is 2.00. The highest BCUT2D eigenvalue weighted by atomic mass is 16.7. The van der Waals surface area contributed by atoms with Gasteiger partial charge in [0.05, 0.1) is 25.9 Å². The predicted molar refractivity (Wildman–Crippen MR) is 60.5 cm³/mol. The lowest BCUT2D eigenvalue weighted by atomic mass is 10.3. The van der Waals surface area contributed by atoms with Crippen LogP contribution in [0.15, 0.2) is 0 Å². The van der Waals surface area contributed by atoms with Gasteiger partial charge in [0.15, 0.2) is 6.29 Å².